The van der Waals surface area contributed by atoms with Gasteiger partial charge >= 0.3 is 5.97 Å². The number of benzene rings is 1. The number of aromatic carboxylic acids is 1. The molecule has 0 aliphatic carbocycles. The molecule has 1 fully saturated rings. The lowest BCUT2D eigenvalue weighted by atomic mass is 9.93. The van der Waals surface area contributed by atoms with E-state index in [1.54, 1.807) is 0 Å². The molecule has 1 aromatic carbocycles. The van der Waals surface area contributed by atoms with Gasteiger partial charge in [-0.1, -0.05) is 0 Å². The van der Waals surface area contributed by atoms with Gasteiger partial charge in [0.1, 0.15) is 11.4 Å². The minimum atomic E-state index is -1.25. The predicted octanol–water partition coefficient (Wildman–Crippen LogP) is 2.09. The first-order valence-corrected chi connectivity index (χ1v) is 6.06. The summed E-state index contributed by atoms with van der Waals surface area (Å²) >= 11 is 0. The van der Waals surface area contributed by atoms with Crippen LogP contribution >= 0.6 is 0 Å². The summed E-state index contributed by atoms with van der Waals surface area (Å²) in [7, 11) is 0. The molecule has 1 aromatic rings. The molecule has 1 aliphatic heterocycles. The molecule has 0 amide bonds. The van der Waals surface area contributed by atoms with Gasteiger partial charge < -0.3 is 20.9 Å². The molecule has 2 unspecified atom stereocenters. The molecule has 0 bridgehead atoms. The molecule has 5 nitrogen and oxygen atoms in total. The quantitative estimate of drug-likeness (QED) is 0.731. The van der Waals surface area contributed by atoms with E-state index in [0.29, 0.717) is 12.3 Å². The highest BCUT2D eigenvalue weighted by Crippen LogP contribution is 2.33. The third-order valence-electron chi connectivity index (χ3n) is 3.71. The summed E-state index contributed by atoms with van der Waals surface area (Å²) in [5, 5.41) is 12.3. The van der Waals surface area contributed by atoms with Crippen LogP contribution in [0.2, 0.25) is 0 Å². The van der Waals surface area contributed by atoms with Gasteiger partial charge in [-0.25, -0.2) is 9.18 Å². The standard InChI is InChI=1S/C13H17FN2O3/c1-7-13(2,5-6-19-7)16-9-4-3-8(14)11(15)10(9)12(17)18/h3-4,7,16H,5-6,15H2,1-2H3,(H,17,18). The number of rotatable bonds is 3. The number of carboxylic acids is 1. The summed E-state index contributed by atoms with van der Waals surface area (Å²) in [6.45, 7) is 4.45. The summed E-state index contributed by atoms with van der Waals surface area (Å²) in [4.78, 5) is 11.2. The fraction of sp³-hybridized carbons (Fsp3) is 0.462. The number of carboxylic acid groups (broad SMARTS) is 1. The van der Waals surface area contributed by atoms with Crippen LogP contribution in [-0.2, 0) is 4.74 Å². The van der Waals surface area contributed by atoms with Crippen molar-refractivity contribution in [2.75, 3.05) is 17.7 Å². The number of nitrogens with two attached hydrogens (primary N) is 1. The predicted molar refractivity (Wildman–Crippen MR) is 69.8 cm³/mol. The second kappa shape index (κ2) is 4.70. The van der Waals surface area contributed by atoms with Crippen LogP contribution in [0, 0.1) is 5.82 Å². The molecule has 2 atom stereocenters. The summed E-state index contributed by atoms with van der Waals surface area (Å²) in [6.07, 6.45) is 0.672. The Kier molecular flexibility index (Phi) is 3.36. The minimum absolute atomic E-state index is 0.0691. The summed E-state index contributed by atoms with van der Waals surface area (Å²) in [5.41, 5.74) is 4.84. The van der Waals surface area contributed by atoms with Gasteiger partial charge in [-0.15, -0.1) is 0 Å². The molecule has 1 aliphatic rings. The van der Waals surface area contributed by atoms with Gasteiger partial charge in [0.25, 0.3) is 0 Å². The van der Waals surface area contributed by atoms with Crippen molar-refractivity contribution in [2.24, 2.45) is 0 Å². The largest absolute Gasteiger partial charge is 0.478 e. The first-order valence-electron chi connectivity index (χ1n) is 6.06. The SMILES string of the molecule is CC1OCCC1(C)Nc1ccc(F)c(N)c1C(=O)O. The number of hydrogen-bond acceptors (Lipinski definition) is 4. The molecule has 0 aromatic heterocycles. The molecule has 0 saturated carbocycles. The molecule has 4 N–H and O–H groups in total. The van der Waals surface area contributed by atoms with E-state index in [-0.39, 0.29) is 17.4 Å². The Labute approximate surface area is 110 Å². The zero-order valence-corrected chi connectivity index (χ0v) is 10.9. The van der Waals surface area contributed by atoms with Gasteiger partial charge in [-0.2, -0.15) is 0 Å². The Morgan fingerprint density at radius 3 is 2.84 bits per heavy atom. The van der Waals surface area contributed by atoms with E-state index < -0.39 is 17.3 Å². The van der Waals surface area contributed by atoms with Crippen molar-refractivity contribution in [2.45, 2.75) is 31.9 Å². The van der Waals surface area contributed by atoms with Gasteiger partial charge in [0, 0.05) is 6.61 Å². The van der Waals surface area contributed by atoms with Gasteiger partial charge in [-0.3, -0.25) is 0 Å². The zero-order valence-electron chi connectivity index (χ0n) is 10.9. The van der Waals surface area contributed by atoms with Crippen LogP contribution in [0.25, 0.3) is 0 Å². The number of anilines is 2. The summed E-state index contributed by atoms with van der Waals surface area (Å²) < 4.78 is 18.8. The normalized spacial score (nSPS) is 26.4. The van der Waals surface area contributed by atoms with Crippen LogP contribution in [0.15, 0.2) is 12.1 Å². The first kappa shape index (κ1) is 13.6. The Bertz CT molecular complexity index is 521. The van der Waals surface area contributed by atoms with Crippen molar-refractivity contribution in [1.82, 2.24) is 0 Å². The molecule has 1 heterocycles. The lowest BCUT2D eigenvalue weighted by molar-refractivity contribution is 0.0698. The smallest absolute Gasteiger partial charge is 0.340 e. The van der Waals surface area contributed by atoms with Crippen LogP contribution in [0.4, 0.5) is 15.8 Å². The first-order chi connectivity index (χ1) is 8.85. The van der Waals surface area contributed by atoms with Crippen molar-refractivity contribution < 1.29 is 19.0 Å². The molecular weight excluding hydrogens is 251 g/mol. The Hall–Kier alpha value is -1.82. The number of hydrogen-bond donors (Lipinski definition) is 3. The maximum Gasteiger partial charge on any atom is 0.340 e. The topological polar surface area (TPSA) is 84.6 Å². The number of ether oxygens (including phenoxy) is 1. The Morgan fingerprint density at radius 1 is 1.63 bits per heavy atom. The number of nitrogen functional groups attached to an aromatic ring is 1. The zero-order chi connectivity index (χ0) is 14.2. The summed E-state index contributed by atoms with van der Waals surface area (Å²) in [5.74, 6) is -1.99. The highest BCUT2D eigenvalue weighted by Gasteiger charge is 2.37. The van der Waals surface area contributed by atoms with Crippen LogP contribution in [0.1, 0.15) is 30.6 Å². The fourth-order valence-electron chi connectivity index (χ4n) is 2.24. The maximum atomic E-state index is 13.4. The molecule has 6 heteroatoms. The molecule has 1 saturated heterocycles. The van der Waals surface area contributed by atoms with E-state index in [1.807, 2.05) is 13.8 Å². The van der Waals surface area contributed by atoms with Gasteiger partial charge in [-0.05, 0) is 32.4 Å². The third-order valence-corrected chi connectivity index (χ3v) is 3.71. The fourth-order valence-corrected chi connectivity index (χ4v) is 2.24. The van der Waals surface area contributed by atoms with E-state index in [9.17, 15) is 14.3 Å². The van der Waals surface area contributed by atoms with E-state index >= 15 is 0 Å². The van der Waals surface area contributed by atoms with Crippen molar-refractivity contribution in [3.63, 3.8) is 0 Å². The lowest BCUT2D eigenvalue weighted by Crippen LogP contribution is -2.41. The Morgan fingerprint density at radius 2 is 2.32 bits per heavy atom. The molecule has 0 radical (unpaired) electrons. The Balaban J connectivity index is 2.40. The molecule has 19 heavy (non-hydrogen) atoms. The molecular formula is C13H17FN2O3. The second-order valence-electron chi connectivity index (χ2n) is 4.99. The van der Waals surface area contributed by atoms with Crippen LogP contribution in [0.3, 0.4) is 0 Å². The maximum absolute atomic E-state index is 13.4. The molecule has 104 valence electrons. The van der Waals surface area contributed by atoms with Gasteiger partial charge in [0.05, 0.1) is 23.0 Å². The monoisotopic (exact) mass is 268 g/mol. The average Bonchev–Trinajstić information content (AvgIpc) is 2.64. The lowest BCUT2D eigenvalue weighted by Gasteiger charge is -2.31. The van der Waals surface area contributed by atoms with Crippen LogP contribution < -0.4 is 11.1 Å². The third kappa shape index (κ3) is 2.35. The van der Waals surface area contributed by atoms with Crippen LogP contribution in [-0.4, -0.2) is 29.3 Å². The highest BCUT2D eigenvalue weighted by molar-refractivity contribution is 6.00. The van der Waals surface area contributed by atoms with Crippen molar-refractivity contribution in [3.8, 4) is 0 Å². The van der Waals surface area contributed by atoms with Gasteiger partial charge in [0.2, 0.25) is 0 Å². The number of carbonyl (C=O) groups is 1. The van der Waals surface area contributed by atoms with E-state index in [1.165, 1.54) is 6.07 Å². The second-order valence-corrected chi connectivity index (χ2v) is 4.99. The minimum Gasteiger partial charge on any atom is -0.478 e. The average molecular weight is 268 g/mol. The van der Waals surface area contributed by atoms with Crippen LogP contribution in [0.5, 0.6) is 0 Å². The highest BCUT2D eigenvalue weighted by atomic mass is 19.1. The molecule has 2 rings (SSSR count). The summed E-state index contributed by atoms with van der Waals surface area (Å²) in [6, 6.07) is 2.55. The van der Waals surface area contributed by atoms with Gasteiger partial charge in [0.15, 0.2) is 0 Å². The molecule has 0 spiro atoms. The number of halogens is 1. The van der Waals surface area contributed by atoms with E-state index in [0.717, 1.165) is 12.5 Å². The van der Waals surface area contributed by atoms with Crippen molar-refractivity contribution >= 4 is 17.3 Å². The van der Waals surface area contributed by atoms with E-state index in [2.05, 4.69) is 5.32 Å². The number of nitrogens with one attached hydrogen (secondary N) is 1. The van der Waals surface area contributed by atoms with Crippen molar-refractivity contribution in [1.29, 1.82) is 0 Å². The van der Waals surface area contributed by atoms with E-state index in [4.69, 9.17) is 10.5 Å². The van der Waals surface area contributed by atoms with Crippen molar-refractivity contribution in [3.05, 3.63) is 23.5 Å².